The predicted octanol–water partition coefficient (Wildman–Crippen LogP) is 2.40. The molecule has 4 rings (SSSR count). The molecule has 2 fully saturated rings. The van der Waals surface area contributed by atoms with E-state index in [-0.39, 0.29) is 23.9 Å². The second kappa shape index (κ2) is 10.1. The minimum Gasteiger partial charge on any atom is -0.361 e. The third-order valence-corrected chi connectivity index (χ3v) is 6.59. The maximum atomic E-state index is 13.3. The van der Waals surface area contributed by atoms with Gasteiger partial charge in [0.25, 0.3) is 0 Å². The fourth-order valence-electron chi connectivity index (χ4n) is 4.83. The molecule has 0 radical (unpaired) electrons. The number of nitrogens with one attached hydrogen (secondary N) is 3. The summed E-state index contributed by atoms with van der Waals surface area (Å²) in [5, 5.41) is 7.04. The highest BCUT2D eigenvalue weighted by molar-refractivity contribution is 5.89. The highest BCUT2D eigenvalue weighted by Crippen LogP contribution is 2.20. The number of fused-ring (bicyclic) bond motifs is 1. The van der Waals surface area contributed by atoms with Crippen molar-refractivity contribution in [3.63, 3.8) is 0 Å². The number of H-pyrrole nitrogens is 1. The van der Waals surface area contributed by atoms with Gasteiger partial charge in [-0.3, -0.25) is 9.59 Å². The van der Waals surface area contributed by atoms with Crippen molar-refractivity contribution < 1.29 is 14.4 Å². The molecule has 2 aromatic rings. The number of hydrogen-bond donors (Lipinski definition) is 3. The van der Waals surface area contributed by atoms with Gasteiger partial charge in [-0.25, -0.2) is 4.79 Å². The van der Waals surface area contributed by atoms with Crippen LogP contribution in [0.3, 0.4) is 0 Å². The molecule has 8 heteroatoms. The first-order valence-electron chi connectivity index (χ1n) is 11.7. The molecule has 4 amide bonds. The lowest BCUT2D eigenvalue weighted by Gasteiger charge is -2.37. The first-order chi connectivity index (χ1) is 15.5. The molecule has 1 aliphatic carbocycles. The zero-order valence-corrected chi connectivity index (χ0v) is 18.7. The third-order valence-electron chi connectivity index (χ3n) is 6.59. The summed E-state index contributed by atoms with van der Waals surface area (Å²) < 4.78 is 0. The van der Waals surface area contributed by atoms with E-state index in [1.54, 1.807) is 9.80 Å². The van der Waals surface area contributed by atoms with Gasteiger partial charge in [-0.2, -0.15) is 0 Å². The Bertz CT molecular complexity index is 957. The van der Waals surface area contributed by atoms with E-state index in [1.165, 1.54) is 26.2 Å². The van der Waals surface area contributed by atoms with Gasteiger partial charge < -0.3 is 25.4 Å². The van der Waals surface area contributed by atoms with Gasteiger partial charge in [-0.15, -0.1) is 0 Å². The fraction of sp³-hybridized carbons (Fsp3) is 0.542. The Morgan fingerprint density at radius 3 is 2.44 bits per heavy atom. The Kier molecular flexibility index (Phi) is 6.97. The molecule has 0 bridgehead atoms. The van der Waals surface area contributed by atoms with Crippen LogP contribution in [0.2, 0.25) is 0 Å². The lowest BCUT2D eigenvalue weighted by Crippen LogP contribution is -2.58. The highest BCUT2D eigenvalue weighted by Gasteiger charge is 2.30. The number of para-hydroxylation sites is 1. The number of hydrogen-bond acceptors (Lipinski definition) is 3. The van der Waals surface area contributed by atoms with Gasteiger partial charge >= 0.3 is 6.03 Å². The Morgan fingerprint density at radius 2 is 1.72 bits per heavy atom. The van der Waals surface area contributed by atoms with Crippen LogP contribution in [0.15, 0.2) is 30.5 Å². The molecular formula is C24H33N5O3. The van der Waals surface area contributed by atoms with Gasteiger partial charge in [0, 0.05) is 62.7 Å². The summed E-state index contributed by atoms with van der Waals surface area (Å²) in [5.41, 5.74) is 2.01. The number of aromatic nitrogens is 1. The number of urea groups is 1. The summed E-state index contributed by atoms with van der Waals surface area (Å²) in [7, 11) is 0. The standard InChI is InChI=1S/C24H33N5O3/c1-17(30)26-22(15-18-16-25-21-10-6-5-9-20(18)21)23(31)28-11-13-29(14-12-28)24(32)27-19-7-3-2-4-8-19/h5-6,9-10,16,19,22,25H,2-4,7-8,11-15H2,1H3,(H,26,30)(H,27,32). The van der Waals surface area contributed by atoms with Crippen LogP contribution < -0.4 is 10.6 Å². The van der Waals surface area contributed by atoms with Gasteiger partial charge in [-0.1, -0.05) is 37.5 Å². The SMILES string of the molecule is CC(=O)NC(Cc1c[nH]c2ccccc12)C(=O)N1CCN(C(=O)NC2CCCCC2)CC1. The monoisotopic (exact) mass is 439 g/mol. The smallest absolute Gasteiger partial charge is 0.317 e. The van der Waals surface area contributed by atoms with Crippen molar-refractivity contribution in [2.24, 2.45) is 0 Å². The average Bonchev–Trinajstić information content (AvgIpc) is 3.21. The minimum absolute atomic E-state index is 0.0267. The first-order valence-corrected chi connectivity index (χ1v) is 11.7. The molecule has 1 unspecified atom stereocenters. The molecule has 32 heavy (non-hydrogen) atoms. The van der Waals surface area contributed by atoms with E-state index in [0.29, 0.717) is 32.6 Å². The number of nitrogens with zero attached hydrogens (tertiary/aromatic N) is 2. The van der Waals surface area contributed by atoms with Crippen molar-refractivity contribution in [3.8, 4) is 0 Å². The summed E-state index contributed by atoms with van der Waals surface area (Å²) in [5.74, 6) is -0.327. The van der Waals surface area contributed by atoms with E-state index in [0.717, 1.165) is 29.3 Å². The Hall–Kier alpha value is -3.03. The normalized spacial score (nSPS) is 18.4. The van der Waals surface area contributed by atoms with Crippen LogP contribution in [0.1, 0.15) is 44.6 Å². The van der Waals surface area contributed by atoms with Crippen LogP contribution in [-0.4, -0.2) is 70.9 Å². The predicted molar refractivity (Wildman–Crippen MR) is 123 cm³/mol. The average molecular weight is 440 g/mol. The van der Waals surface area contributed by atoms with E-state index in [9.17, 15) is 14.4 Å². The highest BCUT2D eigenvalue weighted by atomic mass is 16.2. The molecule has 172 valence electrons. The van der Waals surface area contributed by atoms with Crippen molar-refractivity contribution >= 4 is 28.7 Å². The van der Waals surface area contributed by atoms with E-state index >= 15 is 0 Å². The van der Waals surface area contributed by atoms with Crippen LogP contribution in [0.4, 0.5) is 4.79 Å². The number of piperazine rings is 1. The molecule has 1 aromatic heterocycles. The molecule has 2 heterocycles. The number of rotatable bonds is 5. The summed E-state index contributed by atoms with van der Waals surface area (Å²) in [6.45, 7) is 3.39. The molecule has 1 aliphatic heterocycles. The quantitative estimate of drug-likeness (QED) is 0.667. The van der Waals surface area contributed by atoms with Crippen LogP contribution in [-0.2, 0) is 16.0 Å². The lowest BCUT2D eigenvalue weighted by molar-refractivity contribution is -0.137. The molecule has 0 spiro atoms. The molecule has 1 aromatic carbocycles. The van der Waals surface area contributed by atoms with Crippen LogP contribution in [0, 0.1) is 0 Å². The van der Waals surface area contributed by atoms with Crippen molar-refractivity contribution in [2.75, 3.05) is 26.2 Å². The first kappa shape index (κ1) is 22.2. The van der Waals surface area contributed by atoms with Crippen molar-refractivity contribution in [2.45, 2.75) is 57.5 Å². The second-order valence-electron chi connectivity index (χ2n) is 8.91. The maximum Gasteiger partial charge on any atom is 0.317 e. The molecule has 1 saturated carbocycles. The van der Waals surface area contributed by atoms with Crippen LogP contribution >= 0.6 is 0 Å². The molecule has 3 N–H and O–H groups in total. The van der Waals surface area contributed by atoms with Gasteiger partial charge in [0.2, 0.25) is 11.8 Å². The summed E-state index contributed by atoms with van der Waals surface area (Å²) in [6, 6.07) is 7.55. The molecule has 1 saturated heterocycles. The van der Waals surface area contributed by atoms with Gasteiger partial charge in [0.05, 0.1) is 0 Å². The minimum atomic E-state index is -0.630. The fourth-order valence-corrected chi connectivity index (χ4v) is 4.83. The van der Waals surface area contributed by atoms with Gasteiger partial charge in [-0.05, 0) is 24.5 Å². The molecule has 8 nitrogen and oxygen atoms in total. The Labute approximate surface area is 188 Å². The number of amides is 4. The topological polar surface area (TPSA) is 97.5 Å². The maximum absolute atomic E-state index is 13.3. The van der Waals surface area contributed by atoms with E-state index < -0.39 is 6.04 Å². The summed E-state index contributed by atoms with van der Waals surface area (Å²) in [6.07, 6.45) is 8.03. The Balaban J connectivity index is 1.35. The summed E-state index contributed by atoms with van der Waals surface area (Å²) in [4.78, 5) is 44.5. The largest absolute Gasteiger partial charge is 0.361 e. The van der Waals surface area contributed by atoms with Crippen molar-refractivity contribution in [3.05, 3.63) is 36.0 Å². The number of benzene rings is 1. The number of carbonyl (C=O) groups is 3. The Morgan fingerprint density at radius 1 is 1.03 bits per heavy atom. The lowest BCUT2D eigenvalue weighted by atomic mass is 9.96. The second-order valence-corrected chi connectivity index (χ2v) is 8.91. The zero-order chi connectivity index (χ0) is 22.5. The number of carbonyl (C=O) groups excluding carboxylic acids is 3. The van der Waals surface area contributed by atoms with E-state index in [4.69, 9.17) is 0 Å². The zero-order valence-electron chi connectivity index (χ0n) is 18.7. The molecule has 2 aliphatic rings. The van der Waals surface area contributed by atoms with E-state index in [1.807, 2.05) is 30.5 Å². The third kappa shape index (κ3) is 5.23. The molecule has 1 atom stereocenters. The van der Waals surface area contributed by atoms with Gasteiger partial charge in [0.15, 0.2) is 0 Å². The van der Waals surface area contributed by atoms with E-state index in [2.05, 4.69) is 15.6 Å². The van der Waals surface area contributed by atoms with Crippen molar-refractivity contribution in [1.82, 2.24) is 25.4 Å². The number of aromatic amines is 1. The van der Waals surface area contributed by atoms with Gasteiger partial charge in [0.1, 0.15) is 6.04 Å². The van der Waals surface area contributed by atoms with Crippen LogP contribution in [0.25, 0.3) is 10.9 Å². The van der Waals surface area contributed by atoms with Crippen molar-refractivity contribution in [1.29, 1.82) is 0 Å². The summed E-state index contributed by atoms with van der Waals surface area (Å²) >= 11 is 0. The molecular weight excluding hydrogens is 406 g/mol. The van der Waals surface area contributed by atoms with Crippen LogP contribution in [0.5, 0.6) is 0 Å².